The summed E-state index contributed by atoms with van der Waals surface area (Å²) in [6.07, 6.45) is 5.22. The van der Waals surface area contributed by atoms with Crippen molar-refractivity contribution < 1.29 is 46.5 Å². The van der Waals surface area contributed by atoms with Crippen molar-refractivity contribution in [2.45, 2.75) is 12.8 Å². The molecule has 0 spiro atoms. The van der Waals surface area contributed by atoms with Crippen LogP contribution in [0.1, 0.15) is 24.0 Å². The number of nitrogens with zero attached hydrogens (tertiary/aromatic N) is 5. The summed E-state index contributed by atoms with van der Waals surface area (Å²) in [5, 5.41) is 39.5. The second kappa shape index (κ2) is 24.1. The zero-order chi connectivity index (χ0) is 50.7. The summed E-state index contributed by atoms with van der Waals surface area (Å²) in [5.41, 5.74) is 1.92. The molecule has 20 heteroatoms. The molecule has 0 bridgehead atoms. The van der Waals surface area contributed by atoms with Gasteiger partial charge in [-0.25, -0.2) is 27.2 Å². The van der Waals surface area contributed by atoms with Gasteiger partial charge in [-0.05, 0) is 123 Å². The normalized spacial score (nSPS) is 12.9. The fourth-order valence-corrected chi connectivity index (χ4v) is 7.61. The number of phenolic OH excluding ortho intramolecular Hbond substituents is 1. The van der Waals surface area contributed by atoms with Gasteiger partial charge in [0.05, 0.1) is 40.1 Å². The Bertz CT molecular complexity index is 3400. The van der Waals surface area contributed by atoms with Crippen LogP contribution in [0.5, 0.6) is 34.5 Å². The molecule has 6 aromatic carbocycles. The Kier molecular flexibility index (Phi) is 17.3. The zero-order valence-electron chi connectivity index (χ0n) is 39.1. The molecule has 363 valence electrons. The summed E-state index contributed by atoms with van der Waals surface area (Å²) < 4.78 is 73.1. The van der Waals surface area contributed by atoms with Crippen LogP contribution >= 0.6 is 0 Å². The molecule has 1 aliphatic rings. The van der Waals surface area contributed by atoms with E-state index in [0.29, 0.717) is 68.5 Å². The number of urea groups is 2. The number of aromatic hydroxyl groups is 1. The third-order valence-electron chi connectivity index (χ3n) is 11.1. The van der Waals surface area contributed by atoms with Gasteiger partial charge in [-0.15, -0.1) is 0 Å². The van der Waals surface area contributed by atoms with E-state index in [-0.39, 0.29) is 63.7 Å². The monoisotopic (exact) mass is 998 g/mol. The SMILES string of the molecule is CN1CCCC(COc2cc3nccc(Oc4ccc(NC(=O)Nc5ccc(F)cc5)c(F)c4)c3cc2C#N)C1.N#Cc1cc2c(Oc3ccc(NC(=O)Nc4ccc(F)cc4)c(F)c3)ccnc2cc1O.[Na]. The molecule has 0 aliphatic carbocycles. The van der Waals surface area contributed by atoms with Gasteiger partial charge in [0.25, 0.3) is 0 Å². The maximum atomic E-state index is 14.8. The maximum absolute atomic E-state index is 14.8. The van der Waals surface area contributed by atoms with Gasteiger partial charge in [-0.1, -0.05) is 0 Å². The van der Waals surface area contributed by atoms with Crippen LogP contribution in [0.25, 0.3) is 21.8 Å². The summed E-state index contributed by atoms with van der Waals surface area (Å²) >= 11 is 0. The molecular weight excluding hydrogens is 958 g/mol. The molecule has 1 saturated heterocycles. The van der Waals surface area contributed by atoms with Crippen LogP contribution in [-0.2, 0) is 0 Å². The average molecular weight is 999 g/mol. The summed E-state index contributed by atoms with van der Waals surface area (Å²) in [5.74, 6) is -0.659. The van der Waals surface area contributed by atoms with Crippen molar-refractivity contribution in [1.82, 2.24) is 14.9 Å². The van der Waals surface area contributed by atoms with E-state index < -0.39 is 35.3 Å². The van der Waals surface area contributed by atoms with Crippen LogP contribution in [0.2, 0.25) is 0 Å². The largest absolute Gasteiger partial charge is 0.506 e. The minimum absolute atomic E-state index is 0. The number of amides is 4. The summed E-state index contributed by atoms with van der Waals surface area (Å²) in [6.45, 7) is 2.55. The summed E-state index contributed by atoms with van der Waals surface area (Å²) in [4.78, 5) is 35.1. The number of benzene rings is 6. The third-order valence-corrected chi connectivity index (χ3v) is 11.1. The molecule has 4 amide bonds. The van der Waals surface area contributed by atoms with Crippen LogP contribution in [0.3, 0.4) is 0 Å². The van der Waals surface area contributed by atoms with Gasteiger partial charge in [-0.2, -0.15) is 10.5 Å². The molecule has 8 aromatic rings. The fourth-order valence-electron chi connectivity index (χ4n) is 7.61. The number of carbonyl (C=O) groups excluding carboxylic acids is 2. The molecule has 5 N–H and O–H groups in total. The predicted octanol–water partition coefficient (Wildman–Crippen LogP) is 11.7. The standard InChI is InChI=1S/C30H27F2N5O3.C23H14F2N4O3.Na/c1-37-12-2-3-19(17-37)18-39-29-15-27-24(13-20(29)16-33)28(10-11-34-27)40-23-8-9-26(25(32)14-23)36-30(38)35-22-6-4-21(31)5-7-22;24-14-1-3-15(4-2-14)28-23(31)29-19-6-5-16(10-18(19)25)32-22-7-8-27-20-11-21(30)13(12-26)9-17(20)22;/h4-11,13-15,19H,2-3,12,17-18H2,1H3,(H2,35,36,38);1-11,30H,(H2,28,29,31);. The Hall–Kier alpha value is -8.46. The van der Waals surface area contributed by atoms with Gasteiger partial charge >= 0.3 is 12.1 Å². The first-order chi connectivity index (χ1) is 34.8. The van der Waals surface area contributed by atoms with E-state index in [0.717, 1.165) is 38.1 Å². The number of piperidine rings is 1. The van der Waals surface area contributed by atoms with Crippen molar-refractivity contribution in [3.63, 3.8) is 0 Å². The first-order valence-corrected chi connectivity index (χ1v) is 22.1. The topological polar surface area (TPSA) is 207 Å². The molecule has 15 nitrogen and oxygen atoms in total. The molecule has 2 aromatic heterocycles. The molecule has 1 atom stereocenters. The number of phenols is 1. The minimum Gasteiger partial charge on any atom is -0.506 e. The smallest absolute Gasteiger partial charge is 0.323 e. The second-order valence-corrected chi connectivity index (χ2v) is 16.3. The van der Waals surface area contributed by atoms with Crippen LogP contribution < -0.4 is 35.5 Å². The number of nitrogens with one attached hydrogen (secondary N) is 4. The van der Waals surface area contributed by atoms with E-state index in [9.17, 15) is 37.5 Å². The first kappa shape index (κ1) is 52.4. The molecule has 3 heterocycles. The van der Waals surface area contributed by atoms with Crippen LogP contribution in [-0.4, -0.2) is 88.3 Å². The molecule has 1 aliphatic heterocycles. The molecule has 1 unspecified atom stereocenters. The number of pyridine rings is 2. The van der Waals surface area contributed by atoms with Gasteiger partial charge in [0.1, 0.15) is 69.9 Å². The molecular formula is C53H41F4N9NaO6. The second-order valence-electron chi connectivity index (χ2n) is 16.3. The van der Waals surface area contributed by atoms with E-state index >= 15 is 0 Å². The van der Waals surface area contributed by atoms with Crippen molar-refractivity contribution in [3.8, 4) is 46.6 Å². The number of aromatic nitrogens is 2. The molecule has 1 radical (unpaired) electrons. The van der Waals surface area contributed by atoms with Crippen LogP contribution in [0.15, 0.2) is 134 Å². The van der Waals surface area contributed by atoms with E-state index in [2.05, 4.69) is 49.3 Å². The number of likely N-dealkylation sites (tertiary alicyclic amines) is 1. The van der Waals surface area contributed by atoms with Crippen molar-refractivity contribution in [3.05, 3.63) is 168 Å². The Labute approximate surface area is 437 Å². The number of carbonyl (C=O) groups is 2. The number of nitriles is 2. The molecule has 9 rings (SSSR count). The van der Waals surface area contributed by atoms with Crippen molar-refractivity contribution in [2.75, 3.05) is 48.0 Å². The minimum atomic E-state index is -0.745. The quantitative estimate of drug-likeness (QED) is 0.0608. The Morgan fingerprint density at radius 3 is 1.63 bits per heavy atom. The Morgan fingerprint density at radius 2 is 1.15 bits per heavy atom. The number of rotatable bonds is 11. The molecule has 0 saturated carbocycles. The van der Waals surface area contributed by atoms with E-state index in [1.807, 2.05) is 6.07 Å². The van der Waals surface area contributed by atoms with Crippen molar-refractivity contribution >= 4 is 86.2 Å². The number of halogens is 4. The van der Waals surface area contributed by atoms with E-state index in [1.165, 1.54) is 91.1 Å². The van der Waals surface area contributed by atoms with Gasteiger partial charge in [0.2, 0.25) is 0 Å². The Balaban J connectivity index is 0.000000216. The van der Waals surface area contributed by atoms with Gasteiger partial charge in [0.15, 0.2) is 0 Å². The van der Waals surface area contributed by atoms with Crippen LogP contribution in [0, 0.1) is 51.8 Å². The zero-order valence-corrected chi connectivity index (χ0v) is 41.1. The summed E-state index contributed by atoms with van der Waals surface area (Å²) in [7, 11) is 2.09. The van der Waals surface area contributed by atoms with Crippen LogP contribution in [0.4, 0.5) is 49.9 Å². The van der Waals surface area contributed by atoms with Gasteiger partial charge < -0.3 is 45.5 Å². The number of ether oxygens (including phenoxy) is 3. The van der Waals surface area contributed by atoms with Gasteiger partial charge in [0, 0.05) is 101 Å². The number of hydrogen-bond donors (Lipinski definition) is 5. The number of anilines is 4. The third kappa shape index (κ3) is 13.7. The fraction of sp³-hybridized carbons (Fsp3) is 0.132. The van der Waals surface area contributed by atoms with Gasteiger partial charge in [-0.3, -0.25) is 9.97 Å². The first-order valence-electron chi connectivity index (χ1n) is 22.1. The summed E-state index contributed by atoms with van der Waals surface area (Å²) in [6, 6.07) is 30.2. The van der Waals surface area contributed by atoms with E-state index in [1.54, 1.807) is 30.5 Å². The Morgan fingerprint density at radius 1 is 0.658 bits per heavy atom. The number of fused-ring (bicyclic) bond motifs is 2. The van der Waals surface area contributed by atoms with Crippen molar-refractivity contribution in [1.29, 1.82) is 10.5 Å². The van der Waals surface area contributed by atoms with E-state index in [4.69, 9.17) is 19.5 Å². The number of hydrogen-bond acceptors (Lipinski definition) is 11. The maximum Gasteiger partial charge on any atom is 0.323 e. The molecule has 73 heavy (non-hydrogen) atoms. The average Bonchev–Trinajstić information content (AvgIpc) is 3.36. The predicted molar refractivity (Wildman–Crippen MR) is 267 cm³/mol. The molecule has 1 fully saturated rings. The van der Waals surface area contributed by atoms with Crippen molar-refractivity contribution in [2.24, 2.45) is 5.92 Å².